The van der Waals surface area contributed by atoms with Crippen LogP contribution in [0.15, 0.2) is 48.5 Å². The van der Waals surface area contributed by atoms with Crippen LogP contribution in [0.3, 0.4) is 0 Å². The third-order valence-electron chi connectivity index (χ3n) is 4.39. The standard InChI is InChI=1S/C22H28N2O3/c1-4-14-23-22(26)17-10-12-18(13-11-17)24-21(25)15-27-20-9-7-6-8-19(20)16(3)5-2/h6-13,16H,4-5,14-15H2,1-3H3,(H,23,26)(H,24,25). The Labute approximate surface area is 161 Å². The van der Waals surface area contributed by atoms with Crippen molar-refractivity contribution in [2.75, 3.05) is 18.5 Å². The molecule has 0 saturated carbocycles. The van der Waals surface area contributed by atoms with Crippen LogP contribution in [0.2, 0.25) is 0 Å². The van der Waals surface area contributed by atoms with E-state index in [0.717, 1.165) is 24.2 Å². The van der Waals surface area contributed by atoms with Crippen molar-refractivity contribution in [1.29, 1.82) is 0 Å². The van der Waals surface area contributed by atoms with Crippen LogP contribution in [0.25, 0.3) is 0 Å². The summed E-state index contributed by atoms with van der Waals surface area (Å²) < 4.78 is 5.72. The molecule has 0 radical (unpaired) electrons. The number of benzene rings is 2. The van der Waals surface area contributed by atoms with Gasteiger partial charge in [0.2, 0.25) is 0 Å². The first-order valence-corrected chi connectivity index (χ1v) is 9.45. The van der Waals surface area contributed by atoms with Gasteiger partial charge in [-0.2, -0.15) is 0 Å². The summed E-state index contributed by atoms with van der Waals surface area (Å²) in [6, 6.07) is 14.6. The lowest BCUT2D eigenvalue weighted by molar-refractivity contribution is -0.118. The molecule has 2 aromatic rings. The fraction of sp³-hybridized carbons (Fsp3) is 0.364. The van der Waals surface area contributed by atoms with E-state index < -0.39 is 0 Å². The average Bonchev–Trinajstić information content (AvgIpc) is 2.70. The second-order valence-corrected chi connectivity index (χ2v) is 6.52. The van der Waals surface area contributed by atoms with Gasteiger partial charge in [0.25, 0.3) is 11.8 Å². The number of nitrogens with one attached hydrogen (secondary N) is 2. The lowest BCUT2D eigenvalue weighted by Crippen LogP contribution is -2.24. The Hall–Kier alpha value is -2.82. The Morgan fingerprint density at radius 2 is 1.74 bits per heavy atom. The van der Waals surface area contributed by atoms with Gasteiger partial charge in [-0.15, -0.1) is 0 Å². The number of hydrogen-bond acceptors (Lipinski definition) is 3. The highest BCUT2D eigenvalue weighted by atomic mass is 16.5. The second kappa shape index (κ2) is 10.4. The van der Waals surface area contributed by atoms with Gasteiger partial charge < -0.3 is 15.4 Å². The molecular weight excluding hydrogens is 340 g/mol. The summed E-state index contributed by atoms with van der Waals surface area (Å²) in [6.45, 7) is 6.85. The predicted octanol–water partition coefficient (Wildman–Crippen LogP) is 4.36. The Morgan fingerprint density at radius 3 is 2.41 bits per heavy atom. The first-order chi connectivity index (χ1) is 13.0. The Bertz CT molecular complexity index is 756. The van der Waals surface area contributed by atoms with Crippen LogP contribution in [0, 0.1) is 0 Å². The number of ether oxygens (including phenoxy) is 1. The minimum absolute atomic E-state index is 0.0633. The lowest BCUT2D eigenvalue weighted by atomic mass is 9.98. The normalized spacial score (nSPS) is 11.5. The van der Waals surface area contributed by atoms with E-state index in [1.165, 1.54) is 0 Å². The molecule has 0 aliphatic rings. The summed E-state index contributed by atoms with van der Waals surface area (Å²) in [7, 11) is 0. The summed E-state index contributed by atoms with van der Waals surface area (Å²) in [6.07, 6.45) is 1.89. The van der Waals surface area contributed by atoms with Crippen molar-refractivity contribution >= 4 is 17.5 Å². The van der Waals surface area contributed by atoms with Crippen LogP contribution in [0.4, 0.5) is 5.69 Å². The third kappa shape index (κ3) is 6.13. The van der Waals surface area contributed by atoms with Gasteiger partial charge in [0.15, 0.2) is 6.61 Å². The van der Waals surface area contributed by atoms with Crippen LogP contribution < -0.4 is 15.4 Å². The van der Waals surface area contributed by atoms with E-state index in [1.807, 2.05) is 31.2 Å². The molecule has 5 heteroatoms. The molecule has 0 aliphatic carbocycles. The van der Waals surface area contributed by atoms with Crippen molar-refractivity contribution < 1.29 is 14.3 Å². The number of anilines is 1. The van der Waals surface area contributed by atoms with Gasteiger partial charge in [-0.05, 0) is 54.7 Å². The number of carbonyl (C=O) groups excluding carboxylic acids is 2. The van der Waals surface area contributed by atoms with Crippen LogP contribution in [-0.2, 0) is 4.79 Å². The molecule has 0 aliphatic heterocycles. The van der Waals surface area contributed by atoms with E-state index in [0.29, 0.717) is 23.7 Å². The second-order valence-electron chi connectivity index (χ2n) is 6.52. The van der Waals surface area contributed by atoms with E-state index in [4.69, 9.17) is 4.74 Å². The van der Waals surface area contributed by atoms with Crippen LogP contribution >= 0.6 is 0 Å². The van der Waals surface area contributed by atoms with E-state index in [9.17, 15) is 9.59 Å². The minimum Gasteiger partial charge on any atom is -0.483 e. The van der Waals surface area contributed by atoms with Crippen molar-refractivity contribution in [3.63, 3.8) is 0 Å². The molecule has 0 saturated heterocycles. The number of hydrogen-bond donors (Lipinski definition) is 2. The molecule has 0 spiro atoms. The minimum atomic E-state index is -0.239. The topological polar surface area (TPSA) is 67.4 Å². The molecule has 0 aromatic heterocycles. The Balaban J connectivity index is 1.90. The zero-order valence-corrected chi connectivity index (χ0v) is 16.2. The summed E-state index contributed by atoms with van der Waals surface area (Å²) in [4.78, 5) is 24.1. The smallest absolute Gasteiger partial charge is 0.262 e. The monoisotopic (exact) mass is 368 g/mol. The molecule has 5 nitrogen and oxygen atoms in total. The highest BCUT2D eigenvalue weighted by molar-refractivity contribution is 5.96. The summed E-state index contributed by atoms with van der Waals surface area (Å²) >= 11 is 0. The zero-order valence-electron chi connectivity index (χ0n) is 16.2. The molecule has 2 rings (SSSR count). The Kier molecular flexibility index (Phi) is 7.86. The van der Waals surface area contributed by atoms with Crippen molar-refractivity contribution in [1.82, 2.24) is 5.32 Å². The van der Waals surface area contributed by atoms with Gasteiger partial charge >= 0.3 is 0 Å². The Morgan fingerprint density at radius 1 is 1.04 bits per heavy atom. The SMILES string of the molecule is CCCNC(=O)c1ccc(NC(=O)COc2ccccc2C(C)CC)cc1. The summed E-state index contributed by atoms with van der Waals surface area (Å²) in [5.41, 5.74) is 2.31. The van der Waals surface area contributed by atoms with Crippen molar-refractivity contribution in [3.8, 4) is 5.75 Å². The fourth-order valence-corrected chi connectivity index (χ4v) is 2.62. The van der Waals surface area contributed by atoms with Gasteiger partial charge in [-0.25, -0.2) is 0 Å². The molecule has 0 heterocycles. The highest BCUT2D eigenvalue weighted by Crippen LogP contribution is 2.28. The summed E-state index contributed by atoms with van der Waals surface area (Å²) in [5, 5.41) is 5.61. The van der Waals surface area contributed by atoms with Crippen LogP contribution in [0.1, 0.15) is 55.5 Å². The van der Waals surface area contributed by atoms with Gasteiger partial charge in [0, 0.05) is 17.8 Å². The predicted molar refractivity (Wildman–Crippen MR) is 108 cm³/mol. The third-order valence-corrected chi connectivity index (χ3v) is 4.39. The number of para-hydroxylation sites is 1. The van der Waals surface area contributed by atoms with Crippen molar-refractivity contribution in [2.45, 2.75) is 39.5 Å². The fourth-order valence-electron chi connectivity index (χ4n) is 2.62. The van der Waals surface area contributed by atoms with Gasteiger partial charge in [0.1, 0.15) is 5.75 Å². The number of carbonyl (C=O) groups is 2. The molecule has 2 aromatic carbocycles. The maximum Gasteiger partial charge on any atom is 0.262 e. The number of amides is 2. The molecule has 0 fully saturated rings. The van der Waals surface area contributed by atoms with Crippen molar-refractivity contribution in [3.05, 3.63) is 59.7 Å². The van der Waals surface area contributed by atoms with Gasteiger partial charge in [-0.3, -0.25) is 9.59 Å². The van der Waals surface area contributed by atoms with Crippen molar-refractivity contribution in [2.24, 2.45) is 0 Å². The average molecular weight is 368 g/mol. The molecule has 2 N–H and O–H groups in total. The quantitative estimate of drug-likeness (QED) is 0.691. The maximum atomic E-state index is 12.2. The molecule has 1 unspecified atom stereocenters. The van der Waals surface area contributed by atoms with Gasteiger partial charge in [0.05, 0.1) is 0 Å². The molecule has 2 amide bonds. The number of rotatable bonds is 9. The summed E-state index contributed by atoms with van der Waals surface area (Å²) in [5.74, 6) is 0.762. The highest BCUT2D eigenvalue weighted by Gasteiger charge is 2.11. The molecule has 0 bridgehead atoms. The molecule has 27 heavy (non-hydrogen) atoms. The molecule has 1 atom stereocenters. The molecular formula is C22H28N2O3. The van der Waals surface area contributed by atoms with Crippen LogP contribution in [-0.4, -0.2) is 25.0 Å². The van der Waals surface area contributed by atoms with Crippen LogP contribution in [0.5, 0.6) is 5.75 Å². The van der Waals surface area contributed by atoms with E-state index in [1.54, 1.807) is 24.3 Å². The van der Waals surface area contributed by atoms with Gasteiger partial charge in [-0.1, -0.05) is 39.0 Å². The molecule has 144 valence electrons. The first-order valence-electron chi connectivity index (χ1n) is 9.45. The van der Waals surface area contributed by atoms with E-state index >= 15 is 0 Å². The maximum absolute atomic E-state index is 12.2. The van der Waals surface area contributed by atoms with E-state index in [-0.39, 0.29) is 18.4 Å². The largest absolute Gasteiger partial charge is 0.483 e. The first kappa shape index (κ1) is 20.5. The zero-order chi connectivity index (χ0) is 19.6. The van der Waals surface area contributed by atoms with E-state index in [2.05, 4.69) is 24.5 Å². The lowest BCUT2D eigenvalue weighted by Gasteiger charge is -2.15.